The zero-order chi connectivity index (χ0) is 19.2. The number of benzene rings is 2. The van der Waals surface area contributed by atoms with Crippen molar-refractivity contribution in [2.75, 3.05) is 5.73 Å². The number of hydrazone groups is 1. The minimum absolute atomic E-state index is 0.329. The van der Waals surface area contributed by atoms with E-state index >= 15 is 0 Å². The van der Waals surface area contributed by atoms with Gasteiger partial charge in [0.05, 0.1) is 11.9 Å². The topological polar surface area (TPSA) is 89.6 Å². The van der Waals surface area contributed by atoms with Crippen molar-refractivity contribution < 1.29 is 9.53 Å². The summed E-state index contributed by atoms with van der Waals surface area (Å²) < 4.78 is 5.83. The van der Waals surface area contributed by atoms with E-state index in [2.05, 4.69) is 34.6 Å². The number of aryl methyl sites for hydroxylation is 2. The molecule has 0 saturated heterocycles. The van der Waals surface area contributed by atoms with Gasteiger partial charge < -0.3 is 10.5 Å². The molecule has 0 aliphatic carbocycles. The van der Waals surface area contributed by atoms with E-state index in [0.29, 0.717) is 22.3 Å². The fraction of sp³-hybridized carbons (Fsp3) is 0.150. The van der Waals surface area contributed by atoms with E-state index in [1.807, 2.05) is 36.4 Å². The largest absolute Gasteiger partial charge is 0.489 e. The number of amides is 1. The van der Waals surface area contributed by atoms with Gasteiger partial charge in [-0.25, -0.2) is 10.4 Å². The Morgan fingerprint density at radius 3 is 2.81 bits per heavy atom. The molecule has 0 spiro atoms. The lowest BCUT2D eigenvalue weighted by atomic mass is 10.1. The summed E-state index contributed by atoms with van der Waals surface area (Å²) in [6, 6.07) is 15.7. The summed E-state index contributed by atoms with van der Waals surface area (Å²) in [5.41, 5.74) is 11.8. The molecule has 6 nitrogen and oxygen atoms in total. The number of hydrogen-bond donors (Lipinski definition) is 2. The third-order valence-corrected chi connectivity index (χ3v) is 4.73. The highest BCUT2D eigenvalue weighted by molar-refractivity contribution is 7.17. The summed E-state index contributed by atoms with van der Waals surface area (Å²) in [5.74, 6) is 0.405. The highest BCUT2D eigenvalue weighted by Gasteiger charge is 2.13. The number of nitrogen functional groups attached to an aromatic ring is 1. The number of ether oxygens (including phenoxy) is 1. The van der Waals surface area contributed by atoms with E-state index in [0.717, 1.165) is 28.2 Å². The van der Waals surface area contributed by atoms with Crippen LogP contribution in [0.5, 0.6) is 5.75 Å². The van der Waals surface area contributed by atoms with Crippen molar-refractivity contribution in [3.05, 3.63) is 75.8 Å². The van der Waals surface area contributed by atoms with Gasteiger partial charge in [0.2, 0.25) is 0 Å². The van der Waals surface area contributed by atoms with Crippen molar-refractivity contribution in [1.82, 2.24) is 10.4 Å². The summed E-state index contributed by atoms with van der Waals surface area (Å²) in [6.07, 6.45) is 1.57. The molecule has 1 amide bonds. The third-order valence-electron chi connectivity index (χ3n) is 3.75. The van der Waals surface area contributed by atoms with Crippen LogP contribution in [0.3, 0.4) is 0 Å². The normalized spacial score (nSPS) is 10.9. The Hall–Kier alpha value is -3.19. The molecule has 1 heterocycles. The van der Waals surface area contributed by atoms with Crippen LogP contribution in [0.15, 0.2) is 53.6 Å². The maximum absolute atomic E-state index is 12.1. The second-order valence-corrected chi connectivity index (χ2v) is 7.05. The summed E-state index contributed by atoms with van der Waals surface area (Å²) in [5, 5.41) is 4.36. The number of rotatable bonds is 6. The molecule has 0 unspecified atom stereocenters. The van der Waals surface area contributed by atoms with Gasteiger partial charge in [0.1, 0.15) is 17.2 Å². The average molecular weight is 380 g/mol. The van der Waals surface area contributed by atoms with Crippen molar-refractivity contribution in [2.24, 2.45) is 5.10 Å². The van der Waals surface area contributed by atoms with E-state index in [1.54, 1.807) is 13.1 Å². The molecule has 2 aromatic carbocycles. The van der Waals surface area contributed by atoms with Crippen molar-refractivity contribution >= 4 is 28.6 Å². The zero-order valence-electron chi connectivity index (χ0n) is 15.1. The molecule has 138 valence electrons. The lowest BCUT2D eigenvalue weighted by molar-refractivity contribution is 0.0958. The first-order valence-corrected chi connectivity index (χ1v) is 9.17. The molecule has 0 atom stereocenters. The van der Waals surface area contributed by atoms with E-state index in [-0.39, 0.29) is 5.91 Å². The Morgan fingerprint density at radius 1 is 1.26 bits per heavy atom. The number of carbonyl (C=O) groups is 1. The van der Waals surface area contributed by atoms with Crippen LogP contribution in [0.2, 0.25) is 0 Å². The standard InChI is InChI=1S/C20H20N4O2S/c1-13-5-3-7-16(9-13)12-26-17-8-4-6-15(10-17)11-22-24-19(25)18-14(2)23-20(21)27-18/h3-11H,12H2,1-2H3,(H2,21,23)(H,24,25). The number of nitrogens with two attached hydrogens (primary N) is 1. The molecule has 0 aliphatic heterocycles. The van der Waals surface area contributed by atoms with Gasteiger partial charge in [-0.2, -0.15) is 5.10 Å². The minimum atomic E-state index is -0.329. The highest BCUT2D eigenvalue weighted by atomic mass is 32.1. The molecular formula is C20H20N4O2S. The predicted octanol–water partition coefficient (Wildman–Crippen LogP) is 3.69. The second kappa shape index (κ2) is 8.46. The van der Waals surface area contributed by atoms with Gasteiger partial charge in [0.15, 0.2) is 5.13 Å². The highest BCUT2D eigenvalue weighted by Crippen LogP contribution is 2.19. The molecule has 3 N–H and O–H groups in total. The van der Waals surface area contributed by atoms with Crippen molar-refractivity contribution in [1.29, 1.82) is 0 Å². The van der Waals surface area contributed by atoms with Crippen molar-refractivity contribution in [3.8, 4) is 5.75 Å². The summed E-state index contributed by atoms with van der Waals surface area (Å²) in [6.45, 7) is 4.28. The molecule has 7 heteroatoms. The minimum Gasteiger partial charge on any atom is -0.489 e. The van der Waals surface area contributed by atoms with Crippen LogP contribution in [0.1, 0.15) is 32.1 Å². The number of aromatic nitrogens is 1. The Balaban J connectivity index is 1.59. The molecule has 27 heavy (non-hydrogen) atoms. The number of hydrogen-bond acceptors (Lipinski definition) is 6. The number of thiazole rings is 1. The lowest BCUT2D eigenvalue weighted by Gasteiger charge is -2.07. The van der Waals surface area contributed by atoms with Gasteiger partial charge in [-0.05, 0) is 37.1 Å². The van der Waals surface area contributed by atoms with Crippen molar-refractivity contribution in [3.63, 3.8) is 0 Å². The number of nitrogens with zero attached hydrogens (tertiary/aromatic N) is 2. The quantitative estimate of drug-likeness (QED) is 0.504. The monoisotopic (exact) mass is 380 g/mol. The SMILES string of the molecule is Cc1cccc(COc2cccc(C=NNC(=O)c3sc(N)nc3C)c2)c1. The Kier molecular flexibility index (Phi) is 5.83. The van der Waals surface area contributed by atoms with E-state index < -0.39 is 0 Å². The molecular weight excluding hydrogens is 360 g/mol. The lowest BCUT2D eigenvalue weighted by Crippen LogP contribution is -2.17. The molecule has 1 aromatic heterocycles. The molecule has 0 radical (unpaired) electrons. The maximum Gasteiger partial charge on any atom is 0.283 e. The Labute approximate surface area is 161 Å². The van der Waals surface area contributed by atoms with Crippen LogP contribution in [0.25, 0.3) is 0 Å². The van der Waals surface area contributed by atoms with Gasteiger partial charge in [-0.3, -0.25) is 4.79 Å². The first-order valence-electron chi connectivity index (χ1n) is 8.36. The van der Waals surface area contributed by atoms with Gasteiger partial charge >= 0.3 is 0 Å². The fourth-order valence-electron chi connectivity index (χ4n) is 2.50. The van der Waals surface area contributed by atoms with Crippen LogP contribution in [-0.2, 0) is 6.61 Å². The Bertz CT molecular complexity index is 982. The number of nitrogens with one attached hydrogen (secondary N) is 1. The summed E-state index contributed by atoms with van der Waals surface area (Å²) in [7, 11) is 0. The van der Waals surface area contributed by atoms with Crippen LogP contribution in [0.4, 0.5) is 5.13 Å². The van der Waals surface area contributed by atoms with Crippen LogP contribution < -0.4 is 15.9 Å². The first kappa shape index (κ1) is 18.6. The fourth-order valence-corrected chi connectivity index (χ4v) is 3.22. The van der Waals surface area contributed by atoms with Crippen LogP contribution >= 0.6 is 11.3 Å². The predicted molar refractivity (Wildman–Crippen MR) is 108 cm³/mol. The van der Waals surface area contributed by atoms with Crippen molar-refractivity contribution in [2.45, 2.75) is 20.5 Å². The molecule has 0 bridgehead atoms. The van der Waals surface area contributed by atoms with E-state index in [1.165, 1.54) is 5.56 Å². The molecule has 3 aromatic rings. The number of carbonyl (C=O) groups excluding carboxylic acids is 1. The molecule has 0 fully saturated rings. The summed E-state index contributed by atoms with van der Waals surface area (Å²) in [4.78, 5) is 16.6. The maximum atomic E-state index is 12.1. The van der Waals surface area contributed by atoms with Crippen LogP contribution in [0, 0.1) is 13.8 Å². The molecule has 0 aliphatic rings. The third kappa shape index (κ3) is 5.15. The van der Waals surface area contributed by atoms with Gasteiger partial charge in [-0.15, -0.1) is 0 Å². The smallest absolute Gasteiger partial charge is 0.283 e. The van der Waals surface area contributed by atoms with E-state index in [9.17, 15) is 4.79 Å². The van der Waals surface area contributed by atoms with Gasteiger partial charge in [-0.1, -0.05) is 53.3 Å². The Morgan fingerprint density at radius 2 is 2.07 bits per heavy atom. The van der Waals surface area contributed by atoms with Gasteiger partial charge in [0.25, 0.3) is 5.91 Å². The molecule has 3 rings (SSSR count). The second-order valence-electron chi connectivity index (χ2n) is 6.02. The number of anilines is 1. The molecule has 0 saturated carbocycles. The summed E-state index contributed by atoms with van der Waals surface area (Å²) >= 11 is 1.14. The first-order chi connectivity index (χ1) is 13.0. The van der Waals surface area contributed by atoms with Crippen LogP contribution in [-0.4, -0.2) is 17.1 Å². The zero-order valence-corrected chi connectivity index (χ0v) is 15.9. The average Bonchev–Trinajstić information content (AvgIpc) is 2.99. The van der Waals surface area contributed by atoms with E-state index in [4.69, 9.17) is 10.5 Å². The van der Waals surface area contributed by atoms with Gasteiger partial charge in [0, 0.05) is 0 Å².